The number of hydrogen-bond acceptors (Lipinski definition) is 4. The first-order valence-corrected chi connectivity index (χ1v) is 12.6. The van der Waals surface area contributed by atoms with Gasteiger partial charge in [-0.2, -0.15) is 5.26 Å². The zero-order valence-electron chi connectivity index (χ0n) is 21.1. The Morgan fingerprint density at radius 1 is 1.14 bits per heavy atom. The zero-order chi connectivity index (χ0) is 24.7. The number of nitrogens with zero attached hydrogens (tertiary/aromatic N) is 3. The van der Waals surface area contributed by atoms with Crippen molar-refractivity contribution in [3.63, 3.8) is 0 Å². The molecule has 0 radical (unpaired) electrons. The lowest BCUT2D eigenvalue weighted by atomic mass is 9.87. The third-order valence-electron chi connectivity index (χ3n) is 7.27. The minimum absolute atomic E-state index is 0.338. The van der Waals surface area contributed by atoms with E-state index in [1.54, 1.807) is 6.20 Å². The van der Waals surface area contributed by atoms with Gasteiger partial charge in [-0.1, -0.05) is 32.0 Å². The van der Waals surface area contributed by atoms with Crippen molar-refractivity contribution in [3.8, 4) is 17.3 Å². The molecule has 0 spiro atoms. The van der Waals surface area contributed by atoms with Gasteiger partial charge in [-0.3, -0.25) is 4.98 Å². The number of rotatable bonds is 5. The molecule has 3 heterocycles. The number of fused-ring (bicyclic) bond motifs is 2. The summed E-state index contributed by atoms with van der Waals surface area (Å²) in [5.74, 6) is 0.876. The number of nitriles is 1. The Balaban J connectivity index is 1.54. The van der Waals surface area contributed by atoms with E-state index in [0.717, 1.165) is 60.2 Å². The maximum Gasteiger partial charge on any atom is 0.101 e. The molecule has 0 aliphatic carbocycles. The van der Waals surface area contributed by atoms with Crippen molar-refractivity contribution in [1.82, 2.24) is 14.9 Å². The lowest BCUT2D eigenvalue weighted by Gasteiger charge is -2.35. The van der Waals surface area contributed by atoms with Crippen LogP contribution in [0.3, 0.4) is 0 Å². The number of piperidine rings is 1. The van der Waals surface area contributed by atoms with Gasteiger partial charge in [-0.05, 0) is 87.0 Å². The van der Waals surface area contributed by atoms with Gasteiger partial charge in [-0.25, -0.2) is 0 Å². The maximum absolute atomic E-state index is 10.2. The fourth-order valence-electron chi connectivity index (χ4n) is 5.75. The Bertz CT molecular complexity index is 1410. The smallest absolute Gasteiger partial charge is 0.101 e. The molecule has 4 aromatic rings. The van der Waals surface area contributed by atoms with Gasteiger partial charge in [0.25, 0.3) is 0 Å². The summed E-state index contributed by atoms with van der Waals surface area (Å²) < 4.78 is 0. The van der Waals surface area contributed by atoms with Gasteiger partial charge in [0.1, 0.15) is 6.07 Å². The number of aromatic amines is 1. The minimum atomic E-state index is -0.648. The molecule has 5 rings (SSSR count). The second kappa shape index (κ2) is 9.11. The SMILES string of the molecule is CC(C)c1c(-c2ccc(C#N)c3ncccc23)[nH]c2ccc(C3CCN(CC(C)(C)O)CC3)cc12. The first-order valence-electron chi connectivity index (χ1n) is 12.6. The lowest BCUT2D eigenvalue weighted by Crippen LogP contribution is -2.42. The minimum Gasteiger partial charge on any atom is -0.389 e. The Labute approximate surface area is 207 Å². The van der Waals surface area contributed by atoms with Crippen LogP contribution in [0.1, 0.15) is 69.1 Å². The molecule has 2 aromatic carbocycles. The van der Waals surface area contributed by atoms with Crippen molar-refractivity contribution >= 4 is 21.8 Å². The third-order valence-corrected chi connectivity index (χ3v) is 7.27. The van der Waals surface area contributed by atoms with Gasteiger partial charge in [-0.15, -0.1) is 0 Å². The highest BCUT2D eigenvalue weighted by molar-refractivity contribution is 6.01. The van der Waals surface area contributed by atoms with Crippen LogP contribution in [0.2, 0.25) is 0 Å². The van der Waals surface area contributed by atoms with E-state index >= 15 is 0 Å². The lowest BCUT2D eigenvalue weighted by molar-refractivity contribution is 0.0282. The topological polar surface area (TPSA) is 75.9 Å². The Morgan fingerprint density at radius 3 is 2.60 bits per heavy atom. The summed E-state index contributed by atoms with van der Waals surface area (Å²) >= 11 is 0. The average Bonchev–Trinajstić information content (AvgIpc) is 3.21. The molecule has 0 amide bonds. The van der Waals surface area contributed by atoms with Gasteiger partial charge in [0.05, 0.1) is 22.4 Å². The number of H-pyrrole nitrogens is 1. The molecule has 5 heteroatoms. The molecule has 2 N–H and O–H groups in total. The Morgan fingerprint density at radius 2 is 1.91 bits per heavy atom. The third kappa shape index (κ3) is 4.57. The monoisotopic (exact) mass is 466 g/mol. The Kier molecular flexibility index (Phi) is 6.13. The number of nitrogens with one attached hydrogen (secondary N) is 1. The van der Waals surface area contributed by atoms with Gasteiger partial charge < -0.3 is 15.0 Å². The highest BCUT2D eigenvalue weighted by Gasteiger charge is 2.26. The molecule has 180 valence electrons. The molecule has 0 unspecified atom stereocenters. The normalized spacial score (nSPS) is 15.8. The van der Waals surface area contributed by atoms with Crippen LogP contribution in [0, 0.1) is 11.3 Å². The molecule has 1 saturated heterocycles. The van der Waals surface area contributed by atoms with Crippen molar-refractivity contribution in [1.29, 1.82) is 5.26 Å². The summed E-state index contributed by atoms with van der Waals surface area (Å²) in [7, 11) is 0. The highest BCUT2D eigenvalue weighted by atomic mass is 16.3. The first-order chi connectivity index (χ1) is 16.7. The van der Waals surface area contributed by atoms with Crippen LogP contribution in [0.15, 0.2) is 48.7 Å². The van der Waals surface area contributed by atoms with Gasteiger partial charge in [0.15, 0.2) is 0 Å². The van der Waals surface area contributed by atoms with Crippen LogP contribution >= 0.6 is 0 Å². The van der Waals surface area contributed by atoms with E-state index in [1.807, 2.05) is 26.0 Å². The van der Waals surface area contributed by atoms with E-state index in [-0.39, 0.29) is 0 Å². The summed E-state index contributed by atoms with van der Waals surface area (Å²) in [5.41, 5.74) is 6.78. The van der Waals surface area contributed by atoms with Crippen molar-refractivity contribution in [2.75, 3.05) is 19.6 Å². The molecular formula is C30H34N4O. The zero-order valence-corrected chi connectivity index (χ0v) is 21.1. The fourth-order valence-corrected chi connectivity index (χ4v) is 5.75. The largest absolute Gasteiger partial charge is 0.389 e. The van der Waals surface area contributed by atoms with Crippen molar-refractivity contribution in [2.45, 2.75) is 58.0 Å². The van der Waals surface area contributed by atoms with E-state index in [0.29, 0.717) is 17.4 Å². The standard InChI is InChI=1S/C30H34N4O/c1-19(2)27-25-16-21(20-11-14-34(15-12-20)18-30(3,4)35)8-10-26(25)33-29(27)24-9-7-22(17-31)28-23(24)6-5-13-32-28/h5-10,13,16,19-20,33,35H,11-12,14-15,18H2,1-4H3. The number of aromatic nitrogens is 2. The van der Waals surface area contributed by atoms with Crippen LogP contribution in [0.4, 0.5) is 0 Å². The second-order valence-electron chi connectivity index (χ2n) is 10.9. The number of β-amino-alcohol motifs (C(OH)–C–C–N with tert-alkyl or cyclic N) is 1. The van der Waals surface area contributed by atoms with E-state index < -0.39 is 5.60 Å². The molecule has 0 bridgehead atoms. The number of benzene rings is 2. The summed E-state index contributed by atoms with van der Waals surface area (Å²) in [5, 5.41) is 22.0. The molecule has 0 saturated carbocycles. The molecule has 5 nitrogen and oxygen atoms in total. The number of pyridine rings is 1. The van der Waals surface area contributed by atoms with E-state index in [4.69, 9.17) is 0 Å². The van der Waals surface area contributed by atoms with Gasteiger partial charge in [0.2, 0.25) is 0 Å². The summed E-state index contributed by atoms with van der Waals surface area (Å²) in [6, 6.07) is 17.1. The van der Waals surface area contributed by atoms with Crippen molar-refractivity contribution in [2.24, 2.45) is 0 Å². The van der Waals surface area contributed by atoms with Crippen molar-refractivity contribution in [3.05, 3.63) is 65.4 Å². The molecule has 1 aliphatic rings. The molecule has 1 fully saturated rings. The van der Waals surface area contributed by atoms with Crippen LogP contribution in [0.25, 0.3) is 33.1 Å². The number of likely N-dealkylation sites (tertiary alicyclic amines) is 1. The van der Waals surface area contributed by atoms with Crippen LogP contribution in [0.5, 0.6) is 0 Å². The Hall–Kier alpha value is -3.20. The van der Waals surface area contributed by atoms with Crippen LogP contribution < -0.4 is 0 Å². The van der Waals surface area contributed by atoms with E-state index in [2.05, 4.69) is 65.1 Å². The molecule has 1 aliphatic heterocycles. The predicted octanol–water partition coefficient (Wildman–Crippen LogP) is 6.33. The molecule has 0 atom stereocenters. The fraction of sp³-hybridized carbons (Fsp3) is 0.400. The van der Waals surface area contributed by atoms with E-state index in [1.165, 1.54) is 16.5 Å². The molecule has 2 aromatic heterocycles. The van der Waals surface area contributed by atoms with Gasteiger partial charge in [0, 0.05) is 34.6 Å². The second-order valence-corrected chi connectivity index (χ2v) is 10.9. The highest BCUT2D eigenvalue weighted by Crippen LogP contribution is 2.40. The summed E-state index contributed by atoms with van der Waals surface area (Å²) in [6.07, 6.45) is 3.98. The quantitative estimate of drug-likeness (QED) is 0.360. The van der Waals surface area contributed by atoms with Crippen LogP contribution in [-0.4, -0.2) is 45.2 Å². The van der Waals surface area contributed by atoms with Gasteiger partial charge >= 0.3 is 0 Å². The van der Waals surface area contributed by atoms with Crippen LogP contribution in [-0.2, 0) is 0 Å². The first kappa shape index (κ1) is 23.5. The molecular weight excluding hydrogens is 432 g/mol. The number of hydrogen-bond donors (Lipinski definition) is 2. The van der Waals surface area contributed by atoms with E-state index in [9.17, 15) is 10.4 Å². The summed E-state index contributed by atoms with van der Waals surface area (Å²) in [6.45, 7) is 11.0. The maximum atomic E-state index is 10.2. The average molecular weight is 467 g/mol. The van der Waals surface area contributed by atoms with Crippen molar-refractivity contribution < 1.29 is 5.11 Å². The predicted molar refractivity (Wildman–Crippen MR) is 143 cm³/mol. The number of aliphatic hydroxyl groups is 1. The molecule has 35 heavy (non-hydrogen) atoms. The summed E-state index contributed by atoms with van der Waals surface area (Å²) in [4.78, 5) is 10.6.